The molecule has 0 bridgehead atoms. The Hall–Kier alpha value is -3.29. The van der Waals surface area contributed by atoms with E-state index in [4.69, 9.17) is 0 Å². The second kappa shape index (κ2) is 5.35. The fourth-order valence-electron chi connectivity index (χ4n) is 3.71. The summed E-state index contributed by atoms with van der Waals surface area (Å²) in [5, 5.41) is 25.0. The predicted octanol–water partition coefficient (Wildman–Crippen LogP) is 3.59. The summed E-state index contributed by atoms with van der Waals surface area (Å²) in [6, 6.07) is 6.64. The Labute approximate surface area is 146 Å². The number of allylic oxidation sites excluding steroid dienone is 2. The maximum atomic E-state index is 14.8. The molecule has 1 aliphatic heterocycles. The fraction of sp³-hybridized carbons (Fsp3) is 0.167. The maximum Gasteiger partial charge on any atom is 0.198 e. The Morgan fingerprint density at radius 3 is 2.85 bits per heavy atom. The van der Waals surface area contributed by atoms with Crippen LogP contribution in [0.4, 0.5) is 14.5 Å². The number of para-hydroxylation sites is 1. The monoisotopic (exact) mass is 353 g/mol. The minimum atomic E-state index is -1.47. The van der Waals surface area contributed by atoms with Crippen LogP contribution in [0.15, 0.2) is 48.3 Å². The topological polar surface area (TPSA) is 86.7 Å². The van der Waals surface area contributed by atoms with Crippen molar-refractivity contribution in [1.82, 2.24) is 20.4 Å². The van der Waals surface area contributed by atoms with E-state index in [0.717, 1.165) is 11.6 Å². The Kier molecular flexibility index (Phi) is 3.09. The largest absolute Gasteiger partial charge is 0.508 e. The van der Waals surface area contributed by atoms with Crippen LogP contribution in [0.5, 0.6) is 0 Å². The first kappa shape index (κ1) is 15.0. The van der Waals surface area contributed by atoms with Gasteiger partial charge in [-0.15, -0.1) is 10.2 Å². The molecule has 3 atom stereocenters. The van der Waals surface area contributed by atoms with Crippen LogP contribution in [0.2, 0.25) is 0 Å². The summed E-state index contributed by atoms with van der Waals surface area (Å²) >= 11 is 0. The number of aromatic nitrogens is 4. The molecule has 2 aromatic heterocycles. The number of nitrogens with zero attached hydrogens (tertiary/aromatic N) is 3. The lowest BCUT2D eigenvalue weighted by Gasteiger charge is -2.29. The van der Waals surface area contributed by atoms with Crippen LogP contribution >= 0.6 is 0 Å². The van der Waals surface area contributed by atoms with E-state index < -0.39 is 24.1 Å². The zero-order valence-electron chi connectivity index (χ0n) is 13.3. The molecule has 3 aromatic rings. The molecule has 1 aromatic carbocycles. The lowest BCUT2D eigenvalue weighted by atomic mass is 9.86. The Bertz CT molecular complexity index is 1090. The van der Waals surface area contributed by atoms with Crippen molar-refractivity contribution in [1.29, 1.82) is 0 Å². The molecule has 0 spiro atoms. The van der Waals surface area contributed by atoms with Gasteiger partial charge in [0.15, 0.2) is 11.6 Å². The number of fused-ring (bicyclic) bond motifs is 2. The standard InChI is InChI=1S/C18H13F2N5O/c19-11-7-8(26)5-6-9(11)15-13-14-16(10-3-1-2-4-12(10)21-15)23-25-24-18(14)22-17(13)20/h1-7,9,11,15,21,26H,(H,22,23,24). The number of aliphatic hydroxyl groups is 1. The highest BCUT2D eigenvalue weighted by atomic mass is 19.1. The van der Waals surface area contributed by atoms with E-state index in [9.17, 15) is 13.9 Å². The predicted molar refractivity (Wildman–Crippen MR) is 91.7 cm³/mol. The van der Waals surface area contributed by atoms with Crippen LogP contribution in [0, 0.1) is 11.9 Å². The summed E-state index contributed by atoms with van der Waals surface area (Å²) in [5.41, 5.74) is 2.46. The lowest BCUT2D eigenvalue weighted by molar-refractivity contribution is 0.279. The number of rotatable bonds is 1. The van der Waals surface area contributed by atoms with Gasteiger partial charge < -0.3 is 15.4 Å². The molecule has 0 saturated carbocycles. The minimum absolute atomic E-state index is 0.143. The molecule has 8 heteroatoms. The van der Waals surface area contributed by atoms with Crippen molar-refractivity contribution in [3.8, 4) is 11.3 Å². The molecule has 3 unspecified atom stereocenters. The van der Waals surface area contributed by atoms with Gasteiger partial charge in [-0.2, -0.15) is 4.39 Å². The highest BCUT2D eigenvalue weighted by Gasteiger charge is 2.37. The van der Waals surface area contributed by atoms with Crippen LogP contribution in [0.3, 0.4) is 0 Å². The Balaban J connectivity index is 1.79. The van der Waals surface area contributed by atoms with Crippen molar-refractivity contribution >= 4 is 16.7 Å². The summed E-state index contributed by atoms with van der Waals surface area (Å²) in [5.74, 6) is -1.46. The van der Waals surface area contributed by atoms with Crippen molar-refractivity contribution < 1.29 is 13.9 Å². The number of benzene rings is 1. The summed E-state index contributed by atoms with van der Waals surface area (Å²) in [6.07, 6.45) is 2.61. The maximum absolute atomic E-state index is 14.8. The van der Waals surface area contributed by atoms with Gasteiger partial charge in [0.1, 0.15) is 17.6 Å². The van der Waals surface area contributed by atoms with E-state index in [1.807, 2.05) is 24.3 Å². The summed E-state index contributed by atoms with van der Waals surface area (Å²) in [7, 11) is 0. The molecule has 0 saturated heterocycles. The first-order valence-electron chi connectivity index (χ1n) is 8.13. The molecule has 130 valence electrons. The van der Waals surface area contributed by atoms with E-state index >= 15 is 0 Å². The number of anilines is 1. The Morgan fingerprint density at radius 2 is 2.00 bits per heavy atom. The van der Waals surface area contributed by atoms with Gasteiger partial charge in [0.25, 0.3) is 0 Å². The molecule has 3 heterocycles. The van der Waals surface area contributed by atoms with Gasteiger partial charge in [-0.05, 0) is 23.4 Å². The molecule has 6 nitrogen and oxygen atoms in total. The van der Waals surface area contributed by atoms with Gasteiger partial charge in [0, 0.05) is 22.7 Å². The highest BCUT2D eigenvalue weighted by molar-refractivity contribution is 5.98. The second-order valence-electron chi connectivity index (χ2n) is 6.35. The minimum Gasteiger partial charge on any atom is -0.508 e. The average Bonchev–Trinajstić information content (AvgIpc) is 2.87. The number of hydrogen-bond donors (Lipinski definition) is 3. The van der Waals surface area contributed by atoms with Crippen LogP contribution in [-0.2, 0) is 0 Å². The molecule has 26 heavy (non-hydrogen) atoms. The van der Waals surface area contributed by atoms with Crippen LogP contribution in [0.25, 0.3) is 22.3 Å². The lowest BCUT2D eigenvalue weighted by Crippen LogP contribution is -2.28. The van der Waals surface area contributed by atoms with E-state index in [0.29, 0.717) is 16.8 Å². The Morgan fingerprint density at radius 1 is 1.15 bits per heavy atom. The number of H-pyrrole nitrogens is 1. The van der Waals surface area contributed by atoms with Crippen molar-refractivity contribution in [3.05, 3.63) is 59.8 Å². The van der Waals surface area contributed by atoms with Gasteiger partial charge in [0.2, 0.25) is 0 Å². The van der Waals surface area contributed by atoms with Gasteiger partial charge in [-0.3, -0.25) is 0 Å². The van der Waals surface area contributed by atoms with Crippen molar-refractivity contribution in [2.75, 3.05) is 5.32 Å². The van der Waals surface area contributed by atoms with Gasteiger partial charge in [-0.25, -0.2) is 4.39 Å². The van der Waals surface area contributed by atoms with E-state index in [1.54, 1.807) is 6.08 Å². The molecular weight excluding hydrogens is 340 g/mol. The molecule has 0 fully saturated rings. The molecular formula is C18H13F2N5O. The normalized spacial score (nSPS) is 23.9. The quantitative estimate of drug-likeness (QED) is 0.622. The number of nitrogens with one attached hydrogen (secondary N) is 2. The first-order chi connectivity index (χ1) is 12.6. The summed E-state index contributed by atoms with van der Waals surface area (Å²) < 4.78 is 29.5. The second-order valence-corrected chi connectivity index (χ2v) is 6.35. The number of aliphatic hydroxyl groups excluding tert-OH is 1. The molecule has 0 radical (unpaired) electrons. The average molecular weight is 353 g/mol. The SMILES string of the molecule is OC1=CC(F)C(C2Nc3ccccc3-c3nnnc4[nH]c(F)c2c34)C=C1. The summed E-state index contributed by atoms with van der Waals surface area (Å²) in [4.78, 5) is 2.58. The smallest absolute Gasteiger partial charge is 0.198 e. The van der Waals surface area contributed by atoms with Gasteiger partial charge in [0.05, 0.1) is 11.4 Å². The van der Waals surface area contributed by atoms with Crippen LogP contribution < -0.4 is 5.32 Å². The molecule has 1 aliphatic carbocycles. The zero-order valence-corrected chi connectivity index (χ0v) is 13.3. The third-order valence-corrected chi connectivity index (χ3v) is 4.87. The number of aromatic amines is 1. The van der Waals surface area contributed by atoms with Gasteiger partial charge >= 0.3 is 0 Å². The van der Waals surface area contributed by atoms with Gasteiger partial charge in [-0.1, -0.05) is 24.3 Å². The zero-order chi connectivity index (χ0) is 17.8. The number of halogens is 2. The molecule has 3 N–H and O–H groups in total. The number of hydrogen-bond acceptors (Lipinski definition) is 5. The van der Waals surface area contributed by atoms with E-state index in [-0.39, 0.29) is 17.0 Å². The summed E-state index contributed by atoms with van der Waals surface area (Å²) in [6.45, 7) is 0. The molecule has 0 amide bonds. The van der Waals surface area contributed by atoms with Crippen LogP contribution in [0.1, 0.15) is 11.6 Å². The molecule has 5 rings (SSSR count). The third-order valence-electron chi connectivity index (χ3n) is 4.87. The first-order valence-corrected chi connectivity index (χ1v) is 8.13. The van der Waals surface area contributed by atoms with Crippen LogP contribution in [-0.4, -0.2) is 31.7 Å². The number of alkyl halides is 1. The van der Waals surface area contributed by atoms with Crippen molar-refractivity contribution in [2.45, 2.75) is 12.2 Å². The highest BCUT2D eigenvalue weighted by Crippen LogP contribution is 2.45. The fourth-order valence-corrected chi connectivity index (χ4v) is 3.71. The van der Waals surface area contributed by atoms with E-state index in [1.165, 1.54) is 6.08 Å². The van der Waals surface area contributed by atoms with E-state index in [2.05, 4.69) is 25.7 Å². The molecule has 2 aliphatic rings. The third kappa shape index (κ3) is 2.05. The van der Waals surface area contributed by atoms with Crippen molar-refractivity contribution in [3.63, 3.8) is 0 Å². The van der Waals surface area contributed by atoms with Crippen molar-refractivity contribution in [2.24, 2.45) is 5.92 Å².